The number of nitrogens with zero attached hydrogens (tertiary/aromatic N) is 6. The zero-order valence-electron chi connectivity index (χ0n) is 31.5. The van der Waals surface area contributed by atoms with Crippen molar-refractivity contribution < 1.29 is 0 Å². The summed E-state index contributed by atoms with van der Waals surface area (Å²) >= 11 is 0. The van der Waals surface area contributed by atoms with E-state index in [9.17, 15) is 10.5 Å². The maximum atomic E-state index is 9.29. The van der Waals surface area contributed by atoms with Crippen molar-refractivity contribution >= 4 is 0 Å². The van der Waals surface area contributed by atoms with Gasteiger partial charge in [-0.1, -0.05) is 121 Å². The van der Waals surface area contributed by atoms with Gasteiger partial charge < -0.3 is 0 Å². The second kappa shape index (κ2) is 13.4. The minimum Gasteiger partial charge on any atom is -0.236 e. The SMILES string of the molecule is N#Cc1ccc(-c2cnc(-c3ccc4c(c3)C3(c5cc(-c6ncc(-c7ccc(C#N)cc7)cn6)ccc5-c5ccccc5-4)c4ccccc4-c4ccccc43)nc2)cc1. The van der Waals surface area contributed by atoms with Crippen LogP contribution in [0, 0.1) is 22.7 Å². The zero-order chi connectivity index (χ0) is 39.5. The molecule has 59 heavy (non-hydrogen) atoms. The quantitative estimate of drug-likeness (QED) is 0.178. The van der Waals surface area contributed by atoms with Crippen molar-refractivity contribution in [2.24, 2.45) is 0 Å². The fourth-order valence-electron chi connectivity index (χ4n) is 9.10. The van der Waals surface area contributed by atoms with Crippen LogP contribution in [0.15, 0.2) is 183 Å². The highest BCUT2D eigenvalue weighted by atomic mass is 14.9. The van der Waals surface area contributed by atoms with Crippen LogP contribution in [0.2, 0.25) is 0 Å². The molecule has 2 aliphatic rings. The Morgan fingerprint density at radius 2 is 0.661 bits per heavy atom. The molecule has 0 saturated heterocycles. The molecule has 0 saturated carbocycles. The average molecular weight is 751 g/mol. The van der Waals surface area contributed by atoms with E-state index in [0.29, 0.717) is 22.8 Å². The van der Waals surface area contributed by atoms with Crippen LogP contribution in [0.3, 0.4) is 0 Å². The lowest BCUT2D eigenvalue weighted by molar-refractivity contribution is 0.775. The molecule has 0 N–H and O–H groups in total. The van der Waals surface area contributed by atoms with Gasteiger partial charge in [0, 0.05) is 47.0 Å². The third-order valence-corrected chi connectivity index (χ3v) is 11.8. The van der Waals surface area contributed by atoms with Gasteiger partial charge in [0.05, 0.1) is 28.7 Å². The molecule has 7 aromatic carbocycles. The van der Waals surface area contributed by atoms with E-state index in [1.54, 1.807) is 0 Å². The molecule has 6 heteroatoms. The van der Waals surface area contributed by atoms with Gasteiger partial charge in [-0.3, -0.25) is 0 Å². The second-order valence-electron chi connectivity index (χ2n) is 14.9. The number of nitriles is 2. The van der Waals surface area contributed by atoms with Gasteiger partial charge in [0.25, 0.3) is 0 Å². The highest BCUT2D eigenvalue weighted by Gasteiger charge is 2.50. The predicted molar refractivity (Wildman–Crippen MR) is 231 cm³/mol. The molecular formula is C53H30N6. The fourth-order valence-corrected chi connectivity index (χ4v) is 9.10. The first-order chi connectivity index (χ1) is 29.1. The van der Waals surface area contributed by atoms with Gasteiger partial charge in [-0.25, -0.2) is 19.9 Å². The molecule has 272 valence electrons. The minimum atomic E-state index is -0.728. The molecule has 9 aromatic rings. The molecule has 2 aliphatic carbocycles. The minimum absolute atomic E-state index is 0.612. The number of aromatic nitrogens is 4. The summed E-state index contributed by atoms with van der Waals surface area (Å²) in [6.45, 7) is 0. The molecule has 0 bridgehead atoms. The molecule has 11 rings (SSSR count). The van der Waals surface area contributed by atoms with Crippen molar-refractivity contribution in [1.29, 1.82) is 10.5 Å². The van der Waals surface area contributed by atoms with Gasteiger partial charge in [-0.05, 0) is 103 Å². The zero-order valence-corrected chi connectivity index (χ0v) is 31.5. The summed E-state index contributed by atoms with van der Waals surface area (Å²) in [6.07, 6.45) is 7.42. The Morgan fingerprint density at radius 1 is 0.322 bits per heavy atom. The molecule has 0 atom stereocenters. The summed E-state index contributed by atoms with van der Waals surface area (Å²) in [4.78, 5) is 19.7. The van der Waals surface area contributed by atoms with E-state index in [1.165, 1.54) is 22.3 Å². The second-order valence-corrected chi connectivity index (χ2v) is 14.9. The van der Waals surface area contributed by atoms with Gasteiger partial charge in [-0.15, -0.1) is 0 Å². The van der Waals surface area contributed by atoms with Crippen molar-refractivity contribution in [2.75, 3.05) is 0 Å². The van der Waals surface area contributed by atoms with Crippen LogP contribution in [-0.4, -0.2) is 19.9 Å². The van der Waals surface area contributed by atoms with Crippen LogP contribution >= 0.6 is 0 Å². The van der Waals surface area contributed by atoms with Gasteiger partial charge in [0.2, 0.25) is 0 Å². The first-order valence-corrected chi connectivity index (χ1v) is 19.4. The van der Waals surface area contributed by atoms with Gasteiger partial charge in [-0.2, -0.15) is 10.5 Å². The number of benzene rings is 7. The smallest absolute Gasteiger partial charge is 0.159 e. The topological polar surface area (TPSA) is 99.1 Å². The van der Waals surface area contributed by atoms with Crippen LogP contribution in [0.1, 0.15) is 33.4 Å². The fraction of sp³-hybridized carbons (Fsp3) is 0.0189. The molecule has 2 heterocycles. The Kier molecular flexibility index (Phi) is 7.72. The van der Waals surface area contributed by atoms with E-state index in [4.69, 9.17) is 19.9 Å². The van der Waals surface area contributed by atoms with E-state index in [1.807, 2.05) is 73.3 Å². The Balaban J connectivity index is 1.14. The lowest BCUT2D eigenvalue weighted by Crippen LogP contribution is -2.29. The Bertz CT molecular complexity index is 2990. The Labute approximate surface area is 341 Å². The van der Waals surface area contributed by atoms with Crippen molar-refractivity contribution in [2.45, 2.75) is 5.41 Å². The third-order valence-electron chi connectivity index (χ3n) is 11.8. The van der Waals surface area contributed by atoms with E-state index in [0.717, 1.165) is 66.8 Å². The molecule has 0 aliphatic heterocycles. The third kappa shape index (κ3) is 5.25. The first kappa shape index (κ1) is 34.0. The summed E-state index contributed by atoms with van der Waals surface area (Å²) in [5.41, 5.74) is 17.7. The largest absolute Gasteiger partial charge is 0.236 e. The molecule has 0 radical (unpaired) electrons. The van der Waals surface area contributed by atoms with Crippen LogP contribution in [-0.2, 0) is 5.41 Å². The number of hydrogen-bond acceptors (Lipinski definition) is 6. The summed E-state index contributed by atoms with van der Waals surface area (Å²) in [6, 6.07) is 59.0. The Hall–Kier alpha value is -8.32. The van der Waals surface area contributed by atoms with Crippen LogP contribution < -0.4 is 0 Å². The molecular weight excluding hydrogens is 721 g/mol. The number of rotatable bonds is 4. The standard InChI is InChI=1S/C53H30N6/c54-27-33-13-17-35(18-14-33)39-29-56-51(57-30-39)37-21-23-45-41-7-1-2-8-42(41)46-24-22-38(52-58-31-40(32-59-52)36-19-15-34(28-55)16-20-36)26-50(46)53(49(45)25-37)47-11-5-3-9-43(47)44-10-4-6-12-48(44)53/h1-26,29-32H. The van der Waals surface area contributed by atoms with Crippen molar-refractivity contribution in [1.82, 2.24) is 19.9 Å². The van der Waals surface area contributed by atoms with E-state index >= 15 is 0 Å². The Morgan fingerprint density at radius 3 is 1.05 bits per heavy atom. The molecule has 2 aromatic heterocycles. The van der Waals surface area contributed by atoms with E-state index < -0.39 is 5.41 Å². The normalized spacial score (nSPS) is 12.5. The van der Waals surface area contributed by atoms with Crippen molar-refractivity contribution in [3.05, 3.63) is 216 Å². The van der Waals surface area contributed by atoms with Gasteiger partial charge in [0.15, 0.2) is 11.6 Å². The molecule has 1 spiro atoms. The summed E-state index contributed by atoms with van der Waals surface area (Å²) in [5, 5.41) is 18.6. The van der Waals surface area contributed by atoms with Gasteiger partial charge >= 0.3 is 0 Å². The lowest BCUT2D eigenvalue weighted by atomic mass is 9.65. The maximum absolute atomic E-state index is 9.29. The first-order valence-electron chi connectivity index (χ1n) is 19.4. The van der Waals surface area contributed by atoms with Crippen LogP contribution in [0.5, 0.6) is 0 Å². The predicted octanol–water partition coefficient (Wildman–Crippen LogP) is 11.7. The van der Waals surface area contributed by atoms with Crippen molar-refractivity contribution in [3.63, 3.8) is 0 Å². The molecule has 0 unspecified atom stereocenters. The van der Waals surface area contributed by atoms with Crippen LogP contribution in [0.4, 0.5) is 0 Å². The molecule has 0 amide bonds. The summed E-state index contributed by atoms with van der Waals surface area (Å²) < 4.78 is 0. The maximum Gasteiger partial charge on any atom is 0.159 e. The number of hydrogen-bond donors (Lipinski definition) is 0. The van der Waals surface area contributed by atoms with Gasteiger partial charge in [0.1, 0.15) is 0 Å². The van der Waals surface area contributed by atoms with E-state index in [-0.39, 0.29) is 0 Å². The molecule has 6 nitrogen and oxygen atoms in total. The van der Waals surface area contributed by atoms with Crippen LogP contribution in [0.25, 0.3) is 78.4 Å². The monoisotopic (exact) mass is 750 g/mol. The summed E-state index contributed by atoms with van der Waals surface area (Å²) in [7, 11) is 0. The number of fused-ring (bicyclic) bond motifs is 12. The summed E-state index contributed by atoms with van der Waals surface area (Å²) in [5.74, 6) is 1.25. The van der Waals surface area contributed by atoms with Crippen molar-refractivity contribution in [3.8, 4) is 90.5 Å². The average Bonchev–Trinajstić information content (AvgIpc) is 3.56. The lowest BCUT2D eigenvalue weighted by Gasteiger charge is -2.36. The highest BCUT2D eigenvalue weighted by Crippen LogP contribution is 2.62. The highest BCUT2D eigenvalue weighted by molar-refractivity contribution is 5.98. The van der Waals surface area contributed by atoms with E-state index in [2.05, 4.69) is 121 Å². The molecule has 0 fully saturated rings.